The molecule has 3 rings (SSSR count). The molecule has 6 nitrogen and oxygen atoms in total. The molecular weight excluding hydrogens is 280 g/mol. The van der Waals surface area contributed by atoms with E-state index < -0.39 is 5.97 Å². The van der Waals surface area contributed by atoms with Crippen molar-refractivity contribution >= 4 is 27.5 Å². The second kappa shape index (κ2) is 4.93. The standard InChI is InChI=1S/C13H10N2O4S/c1-18-13(17)10-8(2-4-19-10)6-15-7-14-11-9(12(15)16)3-5-20-11/h2-5,7H,6H2,1H3. The number of methoxy groups -OCH3 is 1. The quantitative estimate of drug-likeness (QED) is 0.689. The summed E-state index contributed by atoms with van der Waals surface area (Å²) in [5.41, 5.74) is 0.434. The van der Waals surface area contributed by atoms with Crippen molar-refractivity contribution in [3.8, 4) is 0 Å². The molecule has 7 heteroatoms. The number of thiophene rings is 1. The van der Waals surface area contributed by atoms with E-state index in [1.165, 1.54) is 35.6 Å². The zero-order chi connectivity index (χ0) is 14.1. The molecule has 0 spiro atoms. The van der Waals surface area contributed by atoms with Crippen LogP contribution < -0.4 is 5.56 Å². The Balaban J connectivity index is 2.02. The first-order chi connectivity index (χ1) is 9.70. The maximum absolute atomic E-state index is 12.2. The molecule has 3 heterocycles. The van der Waals surface area contributed by atoms with Gasteiger partial charge in [0, 0.05) is 5.56 Å². The van der Waals surface area contributed by atoms with Crippen molar-refractivity contribution in [2.24, 2.45) is 0 Å². The summed E-state index contributed by atoms with van der Waals surface area (Å²) in [5, 5.41) is 2.39. The molecule has 3 aromatic heterocycles. The highest BCUT2D eigenvalue weighted by Crippen LogP contribution is 2.16. The molecule has 0 N–H and O–H groups in total. The van der Waals surface area contributed by atoms with Crippen LogP contribution in [-0.4, -0.2) is 22.6 Å². The normalized spacial score (nSPS) is 10.8. The zero-order valence-corrected chi connectivity index (χ0v) is 11.3. The highest BCUT2D eigenvalue weighted by molar-refractivity contribution is 7.16. The summed E-state index contributed by atoms with van der Waals surface area (Å²) in [6.07, 6.45) is 2.86. The molecule has 0 aliphatic carbocycles. The predicted molar refractivity (Wildman–Crippen MR) is 73.0 cm³/mol. The zero-order valence-electron chi connectivity index (χ0n) is 10.5. The number of ether oxygens (including phenoxy) is 1. The fourth-order valence-corrected chi connectivity index (χ4v) is 2.64. The molecule has 3 aromatic rings. The van der Waals surface area contributed by atoms with Gasteiger partial charge in [-0.1, -0.05) is 0 Å². The van der Waals surface area contributed by atoms with Crippen LogP contribution in [0.5, 0.6) is 0 Å². The van der Waals surface area contributed by atoms with Gasteiger partial charge >= 0.3 is 5.97 Å². The molecule has 0 unspecified atom stereocenters. The second-order valence-corrected chi connectivity index (χ2v) is 4.98. The number of nitrogens with zero attached hydrogens (tertiary/aromatic N) is 2. The van der Waals surface area contributed by atoms with E-state index in [9.17, 15) is 9.59 Å². The molecule has 0 atom stereocenters. The Morgan fingerprint density at radius 3 is 3.15 bits per heavy atom. The minimum absolute atomic E-state index is 0.102. The second-order valence-electron chi connectivity index (χ2n) is 4.08. The van der Waals surface area contributed by atoms with E-state index in [2.05, 4.69) is 9.72 Å². The Hall–Kier alpha value is -2.41. The number of carbonyl (C=O) groups excluding carboxylic acids is 1. The van der Waals surface area contributed by atoms with E-state index >= 15 is 0 Å². The van der Waals surface area contributed by atoms with Gasteiger partial charge in [0.05, 0.1) is 31.6 Å². The molecule has 0 amide bonds. The first kappa shape index (κ1) is 12.6. The van der Waals surface area contributed by atoms with Crippen LogP contribution >= 0.6 is 11.3 Å². The number of fused-ring (bicyclic) bond motifs is 1. The molecule has 0 aliphatic heterocycles. The minimum Gasteiger partial charge on any atom is -0.463 e. The Kier molecular flexibility index (Phi) is 3.11. The summed E-state index contributed by atoms with van der Waals surface area (Å²) in [7, 11) is 1.28. The van der Waals surface area contributed by atoms with Crippen molar-refractivity contribution < 1.29 is 13.9 Å². The van der Waals surface area contributed by atoms with E-state index in [0.717, 1.165) is 0 Å². The lowest BCUT2D eigenvalue weighted by Crippen LogP contribution is -2.21. The van der Waals surface area contributed by atoms with Gasteiger partial charge in [0.15, 0.2) is 0 Å². The minimum atomic E-state index is -0.567. The lowest BCUT2D eigenvalue weighted by Gasteiger charge is -2.04. The summed E-state index contributed by atoms with van der Waals surface area (Å²) < 4.78 is 11.2. The van der Waals surface area contributed by atoms with Crippen LogP contribution in [0.1, 0.15) is 16.1 Å². The topological polar surface area (TPSA) is 74.3 Å². The molecule has 0 radical (unpaired) electrons. The van der Waals surface area contributed by atoms with E-state index in [-0.39, 0.29) is 17.9 Å². The Labute approximate surface area is 117 Å². The SMILES string of the molecule is COC(=O)c1occc1Cn1cnc2sccc2c1=O. The number of rotatable bonds is 3. The number of furan rings is 1. The van der Waals surface area contributed by atoms with Crippen LogP contribution in [0.2, 0.25) is 0 Å². The van der Waals surface area contributed by atoms with Gasteiger partial charge in [-0.2, -0.15) is 0 Å². The lowest BCUT2D eigenvalue weighted by atomic mass is 10.2. The maximum atomic E-state index is 12.2. The molecular formula is C13H10N2O4S. The average Bonchev–Trinajstić information content (AvgIpc) is 3.10. The number of esters is 1. The molecule has 20 heavy (non-hydrogen) atoms. The van der Waals surface area contributed by atoms with Gasteiger partial charge in [-0.05, 0) is 17.5 Å². The van der Waals surface area contributed by atoms with Crippen molar-refractivity contribution in [3.63, 3.8) is 0 Å². The molecule has 0 bridgehead atoms. The van der Waals surface area contributed by atoms with E-state index in [1.54, 1.807) is 12.1 Å². The largest absolute Gasteiger partial charge is 0.463 e. The Bertz CT molecular complexity index is 830. The average molecular weight is 290 g/mol. The van der Waals surface area contributed by atoms with Gasteiger partial charge in [0.2, 0.25) is 5.76 Å². The molecule has 0 fully saturated rings. The van der Waals surface area contributed by atoms with Crippen LogP contribution in [0.4, 0.5) is 0 Å². The van der Waals surface area contributed by atoms with Gasteiger partial charge in [-0.25, -0.2) is 9.78 Å². The third-order valence-corrected chi connectivity index (χ3v) is 3.73. The van der Waals surface area contributed by atoms with Crippen molar-refractivity contribution in [3.05, 3.63) is 51.8 Å². The molecule has 0 saturated carbocycles. The molecule has 102 valence electrons. The van der Waals surface area contributed by atoms with E-state index in [0.29, 0.717) is 15.8 Å². The third-order valence-electron chi connectivity index (χ3n) is 2.91. The lowest BCUT2D eigenvalue weighted by molar-refractivity contribution is 0.0563. The van der Waals surface area contributed by atoms with Crippen molar-refractivity contribution in [1.82, 2.24) is 9.55 Å². The fourth-order valence-electron chi connectivity index (χ4n) is 1.92. The van der Waals surface area contributed by atoms with Gasteiger partial charge in [-0.3, -0.25) is 9.36 Å². The van der Waals surface area contributed by atoms with E-state index in [4.69, 9.17) is 4.42 Å². The predicted octanol–water partition coefficient (Wildman–Crippen LogP) is 1.89. The van der Waals surface area contributed by atoms with Crippen LogP contribution in [0.3, 0.4) is 0 Å². The molecule has 0 aliphatic rings. The highest BCUT2D eigenvalue weighted by Gasteiger charge is 2.17. The highest BCUT2D eigenvalue weighted by atomic mass is 32.1. The van der Waals surface area contributed by atoms with Gasteiger partial charge in [0.25, 0.3) is 5.56 Å². The summed E-state index contributed by atoms with van der Waals surface area (Å²) >= 11 is 1.41. The first-order valence-corrected chi connectivity index (χ1v) is 6.66. The van der Waals surface area contributed by atoms with Crippen LogP contribution in [0.15, 0.2) is 39.3 Å². The molecule has 0 saturated heterocycles. The number of carbonyl (C=O) groups is 1. The smallest absolute Gasteiger partial charge is 0.374 e. The van der Waals surface area contributed by atoms with Gasteiger partial charge in [0.1, 0.15) is 4.83 Å². The summed E-state index contributed by atoms with van der Waals surface area (Å²) in [4.78, 5) is 28.7. The number of hydrogen-bond donors (Lipinski definition) is 0. The maximum Gasteiger partial charge on any atom is 0.374 e. The van der Waals surface area contributed by atoms with Gasteiger partial charge < -0.3 is 9.15 Å². The fraction of sp³-hybridized carbons (Fsp3) is 0.154. The molecule has 0 aromatic carbocycles. The monoisotopic (exact) mass is 290 g/mol. The van der Waals surface area contributed by atoms with Gasteiger partial charge in [-0.15, -0.1) is 11.3 Å². The summed E-state index contributed by atoms with van der Waals surface area (Å²) in [5.74, 6) is -0.465. The third kappa shape index (κ3) is 2.01. The summed E-state index contributed by atoms with van der Waals surface area (Å²) in [6, 6.07) is 3.37. The summed E-state index contributed by atoms with van der Waals surface area (Å²) in [6.45, 7) is 0.207. The van der Waals surface area contributed by atoms with Crippen molar-refractivity contribution in [2.45, 2.75) is 6.54 Å². The van der Waals surface area contributed by atoms with Crippen molar-refractivity contribution in [1.29, 1.82) is 0 Å². The van der Waals surface area contributed by atoms with Crippen LogP contribution in [-0.2, 0) is 11.3 Å². The van der Waals surface area contributed by atoms with Crippen LogP contribution in [0.25, 0.3) is 10.2 Å². The number of hydrogen-bond acceptors (Lipinski definition) is 6. The first-order valence-electron chi connectivity index (χ1n) is 5.78. The van der Waals surface area contributed by atoms with Crippen molar-refractivity contribution in [2.75, 3.05) is 7.11 Å². The van der Waals surface area contributed by atoms with Crippen LogP contribution in [0, 0.1) is 0 Å². The Morgan fingerprint density at radius 1 is 1.50 bits per heavy atom. The van der Waals surface area contributed by atoms with E-state index in [1.807, 2.05) is 5.38 Å². The number of aromatic nitrogens is 2. The Morgan fingerprint density at radius 2 is 2.35 bits per heavy atom.